The van der Waals surface area contributed by atoms with Gasteiger partial charge in [-0.05, 0) is 30.5 Å². The number of nitrogens with one attached hydrogen (secondary N) is 2. The van der Waals surface area contributed by atoms with Gasteiger partial charge in [-0.25, -0.2) is 0 Å². The molecule has 2 aromatic rings. The summed E-state index contributed by atoms with van der Waals surface area (Å²) in [5.74, 6) is 1.58. The highest BCUT2D eigenvalue weighted by atomic mass is 127. The summed E-state index contributed by atoms with van der Waals surface area (Å²) in [6.07, 6.45) is 5.56. The van der Waals surface area contributed by atoms with Gasteiger partial charge in [0.2, 0.25) is 0 Å². The molecule has 2 N–H and O–H groups in total. The Morgan fingerprint density at radius 3 is 2.58 bits per heavy atom. The fraction of sp³-hybridized carbons (Fsp3) is 0.333. The summed E-state index contributed by atoms with van der Waals surface area (Å²) in [5, 5.41) is 6.54. The van der Waals surface area contributed by atoms with Crippen molar-refractivity contribution >= 4 is 29.9 Å². The lowest BCUT2D eigenvalue weighted by atomic mass is 10.1. The number of pyridine rings is 1. The number of nitrogens with zero attached hydrogens (tertiary/aromatic N) is 2. The van der Waals surface area contributed by atoms with E-state index in [9.17, 15) is 0 Å². The highest BCUT2D eigenvalue weighted by Gasteiger charge is 1.98. The topological polar surface area (TPSA) is 58.5 Å². The lowest BCUT2D eigenvalue weighted by molar-refractivity contribution is 0.320. The molecule has 0 radical (unpaired) electrons. The molecule has 2 rings (SSSR count). The number of ether oxygens (including phenoxy) is 1. The Morgan fingerprint density at radius 1 is 1.08 bits per heavy atom. The third-order valence-corrected chi connectivity index (χ3v) is 3.30. The van der Waals surface area contributed by atoms with Crippen LogP contribution in [0.4, 0.5) is 0 Å². The van der Waals surface area contributed by atoms with Gasteiger partial charge in [0.1, 0.15) is 12.4 Å². The van der Waals surface area contributed by atoms with Crippen molar-refractivity contribution < 1.29 is 4.74 Å². The van der Waals surface area contributed by atoms with Gasteiger partial charge in [0, 0.05) is 19.8 Å². The molecule has 0 spiro atoms. The molecule has 1 aromatic carbocycles. The monoisotopic (exact) mass is 440 g/mol. The van der Waals surface area contributed by atoms with Gasteiger partial charge in [0.25, 0.3) is 0 Å². The number of hydrogen-bond donors (Lipinski definition) is 2. The van der Waals surface area contributed by atoms with E-state index in [1.165, 1.54) is 5.56 Å². The van der Waals surface area contributed by atoms with Gasteiger partial charge in [0.15, 0.2) is 5.96 Å². The normalized spacial score (nSPS) is 10.6. The summed E-state index contributed by atoms with van der Waals surface area (Å²) < 4.78 is 5.58. The van der Waals surface area contributed by atoms with E-state index in [-0.39, 0.29) is 24.0 Å². The molecular formula is C18H25IN4O. The van der Waals surface area contributed by atoms with Crippen molar-refractivity contribution in [3.63, 3.8) is 0 Å². The number of rotatable bonds is 8. The molecule has 130 valence electrons. The SMILES string of the molecule is CN=C(NCCCc1ccccc1)NCCOc1cccnc1.I. The van der Waals surface area contributed by atoms with E-state index in [1.54, 1.807) is 19.4 Å². The lowest BCUT2D eigenvalue weighted by Gasteiger charge is -2.12. The maximum Gasteiger partial charge on any atom is 0.191 e. The Labute approximate surface area is 161 Å². The number of guanidine groups is 1. The molecule has 1 heterocycles. The number of aryl methyl sites for hydroxylation is 1. The lowest BCUT2D eigenvalue weighted by Crippen LogP contribution is -2.39. The molecule has 0 amide bonds. The number of hydrogen-bond acceptors (Lipinski definition) is 3. The zero-order chi connectivity index (χ0) is 16.2. The number of aromatic nitrogens is 1. The molecule has 0 saturated carbocycles. The van der Waals surface area contributed by atoms with Crippen LogP contribution in [0, 0.1) is 0 Å². The maximum atomic E-state index is 5.58. The van der Waals surface area contributed by atoms with Gasteiger partial charge >= 0.3 is 0 Å². The minimum Gasteiger partial charge on any atom is -0.490 e. The van der Waals surface area contributed by atoms with Crippen LogP contribution in [0.2, 0.25) is 0 Å². The molecule has 0 bridgehead atoms. The van der Waals surface area contributed by atoms with Crippen LogP contribution in [0.5, 0.6) is 5.75 Å². The zero-order valence-corrected chi connectivity index (χ0v) is 16.3. The largest absolute Gasteiger partial charge is 0.490 e. The van der Waals surface area contributed by atoms with Crippen molar-refractivity contribution in [2.24, 2.45) is 4.99 Å². The molecular weight excluding hydrogens is 415 g/mol. The Morgan fingerprint density at radius 2 is 1.88 bits per heavy atom. The first-order chi connectivity index (χ1) is 11.4. The van der Waals surface area contributed by atoms with Crippen molar-refractivity contribution in [3.05, 3.63) is 60.4 Å². The molecule has 5 nitrogen and oxygen atoms in total. The van der Waals surface area contributed by atoms with Crippen LogP contribution in [0.1, 0.15) is 12.0 Å². The molecule has 0 aliphatic carbocycles. The van der Waals surface area contributed by atoms with E-state index in [4.69, 9.17) is 4.74 Å². The van der Waals surface area contributed by atoms with Gasteiger partial charge < -0.3 is 15.4 Å². The van der Waals surface area contributed by atoms with Gasteiger partial charge in [-0.3, -0.25) is 9.98 Å². The first-order valence-electron chi connectivity index (χ1n) is 7.90. The average Bonchev–Trinajstić information content (AvgIpc) is 2.62. The number of halogens is 1. The van der Waals surface area contributed by atoms with Gasteiger partial charge in [-0.2, -0.15) is 0 Å². The molecule has 0 aliphatic rings. The second-order valence-electron chi connectivity index (χ2n) is 5.05. The fourth-order valence-electron chi connectivity index (χ4n) is 2.14. The number of benzene rings is 1. The first kappa shape index (κ1) is 20.2. The van der Waals surface area contributed by atoms with E-state index in [2.05, 4.69) is 44.9 Å². The highest BCUT2D eigenvalue weighted by Crippen LogP contribution is 2.05. The molecule has 6 heteroatoms. The summed E-state index contributed by atoms with van der Waals surface area (Å²) >= 11 is 0. The summed E-state index contributed by atoms with van der Waals surface area (Å²) in [6, 6.07) is 14.3. The Hall–Kier alpha value is -1.83. The van der Waals surface area contributed by atoms with Crippen molar-refractivity contribution in [3.8, 4) is 5.75 Å². The van der Waals surface area contributed by atoms with Crippen molar-refractivity contribution in [1.82, 2.24) is 15.6 Å². The Bertz CT molecular complexity index is 529. The summed E-state index contributed by atoms with van der Waals surface area (Å²) in [5.41, 5.74) is 1.36. The Balaban J connectivity index is 0.00000288. The highest BCUT2D eigenvalue weighted by molar-refractivity contribution is 14.0. The number of aliphatic imine (C=N–C) groups is 1. The van der Waals surface area contributed by atoms with Crippen LogP contribution >= 0.6 is 24.0 Å². The minimum atomic E-state index is 0. The van der Waals surface area contributed by atoms with E-state index in [0.29, 0.717) is 13.2 Å². The second-order valence-corrected chi connectivity index (χ2v) is 5.05. The summed E-state index contributed by atoms with van der Waals surface area (Å²) in [6.45, 7) is 2.14. The van der Waals surface area contributed by atoms with Crippen LogP contribution in [-0.2, 0) is 6.42 Å². The molecule has 0 fully saturated rings. The van der Waals surface area contributed by atoms with E-state index in [1.807, 2.05) is 18.2 Å². The van der Waals surface area contributed by atoms with Gasteiger partial charge in [-0.1, -0.05) is 30.3 Å². The predicted octanol–water partition coefficient (Wildman–Crippen LogP) is 2.88. The first-order valence-corrected chi connectivity index (χ1v) is 7.90. The summed E-state index contributed by atoms with van der Waals surface area (Å²) in [4.78, 5) is 8.21. The fourth-order valence-corrected chi connectivity index (χ4v) is 2.14. The summed E-state index contributed by atoms with van der Waals surface area (Å²) in [7, 11) is 1.77. The predicted molar refractivity (Wildman–Crippen MR) is 109 cm³/mol. The van der Waals surface area contributed by atoms with E-state index < -0.39 is 0 Å². The second kappa shape index (κ2) is 12.6. The maximum absolute atomic E-state index is 5.58. The molecule has 0 unspecified atom stereocenters. The van der Waals surface area contributed by atoms with Crippen LogP contribution in [0.15, 0.2) is 59.9 Å². The van der Waals surface area contributed by atoms with Crippen molar-refractivity contribution in [2.75, 3.05) is 26.7 Å². The molecule has 0 atom stereocenters. The zero-order valence-electron chi connectivity index (χ0n) is 13.9. The third-order valence-electron chi connectivity index (χ3n) is 3.30. The third kappa shape index (κ3) is 8.14. The Kier molecular flexibility index (Phi) is 10.6. The molecule has 24 heavy (non-hydrogen) atoms. The van der Waals surface area contributed by atoms with Crippen LogP contribution in [0.3, 0.4) is 0 Å². The van der Waals surface area contributed by atoms with E-state index in [0.717, 1.165) is 31.1 Å². The van der Waals surface area contributed by atoms with E-state index >= 15 is 0 Å². The van der Waals surface area contributed by atoms with Crippen LogP contribution in [0.25, 0.3) is 0 Å². The van der Waals surface area contributed by atoms with Crippen LogP contribution < -0.4 is 15.4 Å². The molecule has 1 aromatic heterocycles. The molecule has 0 saturated heterocycles. The average molecular weight is 440 g/mol. The van der Waals surface area contributed by atoms with Gasteiger partial charge in [-0.15, -0.1) is 24.0 Å². The standard InChI is InChI=1S/C18H24N4O.HI/c1-19-18(21-12-5-9-16-7-3-2-4-8-16)22-13-14-23-17-10-6-11-20-15-17;/h2-4,6-8,10-11,15H,5,9,12-14H2,1H3,(H2,19,21,22);1H. The van der Waals surface area contributed by atoms with Crippen molar-refractivity contribution in [2.45, 2.75) is 12.8 Å². The molecule has 0 aliphatic heterocycles. The quantitative estimate of drug-likeness (QED) is 0.287. The van der Waals surface area contributed by atoms with Crippen molar-refractivity contribution in [1.29, 1.82) is 0 Å². The van der Waals surface area contributed by atoms with Crippen LogP contribution in [-0.4, -0.2) is 37.7 Å². The smallest absolute Gasteiger partial charge is 0.191 e. The van der Waals surface area contributed by atoms with Gasteiger partial charge in [0.05, 0.1) is 12.7 Å². The minimum absolute atomic E-state index is 0.